The number of carbonyl (C=O) groups is 1. The van der Waals surface area contributed by atoms with Gasteiger partial charge in [0.1, 0.15) is 5.75 Å². The Labute approximate surface area is 88.8 Å². The molecular formula is C10H12O4S. The molecule has 1 aromatic carbocycles. The second kappa shape index (κ2) is 4.44. The number of hydrogen-bond acceptors (Lipinski definition) is 4. The van der Waals surface area contributed by atoms with E-state index in [4.69, 9.17) is 4.74 Å². The van der Waals surface area contributed by atoms with Gasteiger partial charge in [-0.25, -0.2) is 8.42 Å². The van der Waals surface area contributed by atoms with Crippen LogP contribution in [-0.2, 0) is 9.84 Å². The van der Waals surface area contributed by atoms with Crippen molar-refractivity contribution in [1.82, 2.24) is 0 Å². The molecule has 0 atom stereocenters. The Morgan fingerprint density at radius 2 is 1.80 bits per heavy atom. The SMILES string of the molecule is CC(=O)c1ccc(OCS(C)(=O)=O)cc1. The Balaban J connectivity index is 2.69. The summed E-state index contributed by atoms with van der Waals surface area (Å²) < 4.78 is 26.6. The molecular weight excluding hydrogens is 216 g/mol. The van der Waals surface area contributed by atoms with E-state index in [0.717, 1.165) is 6.26 Å². The van der Waals surface area contributed by atoms with Gasteiger partial charge >= 0.3 is 0 Å². The zero-order valence-corrected chi connectivity index (χ0v) is 9.37. The lowest BCUT2D eigenvalue weighted by Crippen LogP contribution is -2.09. The quantitative estimate of drug-likeness (QED) is 0.728. The molecule has 15 heavy (non-hydrogen) atoms. The number of rotatable bonds is 4. The van der Waals surface area contributed by atoms with E-state index in [1.807, 2.05) is 0 Å². The topological polar surface area (TPSA) is 60.4 Å². The third-order valence-electron chi connectivity index (χ3n) is 1.70. The van der Waals surface area contributed by atoms with Crippen molar-refractivity contribution in [2.75, 3.05) is 12.2 Å². The third-order valence-corrected chi connectivity index (χ3v) is 2.25. The highest BCUT2D eigenvalue weighted by Gasteiger charge is 2.04. The van der Waals surface area contributed by atoms with E-state index in [9.17, 15) is 13.2 Å². The van der Waals surface area contributed by atoms with Gasteiger partial charge < -0.3 is 4.74 Å². The minimum Gasteiger partial charge on any atom is -0.478 e. The van der Waals surface area contributed by atoms with Crippen LogP contribution in [0, 0.1) is 0 Å². The van der Waals surface area contributed by atoms with Crippen LogP contribution in [0.25, 0.3) is 0 Å². The fourth-order valence-electron chi connectivity index (χ4n) is 0.961. The van der Waals surface area contributed by atoms with Crippen molar-refractivity contribution in [3.63, 3.8) is 0 Å². The van der Waals surface area contributed by atoms with Crippen LogP contribution in [-0.4, -0.2) is 26.4 Å². The van der Waals surface area contributed by atoms with Crippen LogP contribution in [0.5, 0.6) is 5.75 Å². The predicted molar refractivity (Wildman–Crippen MR) is 56.8 cm³/mol. The van der Waals surface area contributed by atoms with Gasteiger partial charge in [0.05, 0.1) is 0 Å². The summed E-state index contributed by atoms with van der Waals surface area (Å²) in [4.78, 5) is 10.9. The molecule has 0 amide bonds. The third kappa shape index (κ3) is 4.12. The van der Waals surface area contributed by atoms with Crippen LogP contribution >= 0.6 is 0 Å². The normalized spacial score (nSPS) is 11.1. The van der Waals surface area contributed by atoms with Crippen molar-refractivity contribution in [1.29, 1.82) is 0 Å². The van der Waals surface area contributed by atoms with Gasteiger partial charge in [-0.15, -0.1) is 0 Å². The average Bonchev–Trinajstić information content (AvgIpc) is 2.14. The second-order valence-corrected chi connectivity index (χ2v) is 5.36. The molecule has 82 valence electrons. The van der Waals surface area contributed by atoms with E-state index >= 15 is 0 Å². The summed E-state index contributed by atoms with van der Waals surface area (Å²) in [7, 11) is -3.14. The highest BCUT2D eigenvalue weighted by atomic mass is 32.2. The van der Waals surface area contributed by atoms with Gasteiger partial charge in [0.15, 0.2) is 21.6 Å². The van der Waals surface area contributed by atoms with E-state index in [1.165, 1.54) is 6.92 Å². The van der Waals surface area contributed by atoms with Gasteiger partial charge in [-0.2, -0.15) is 0 Å². The molecule has 0 saturated heterocycles. The monoisotopic (exact) mass is 228 g/mol. The van der Waals surface area contributed by atoms with E-state index in [1.54, 1.807) is 24.3 Å². The van der Waals surface area contributed by atoms with Crippen molar-refractivity contribution >= 4 is 15.6 Å². The predicted octanol–water partition coefficient (Wildman–Crippen LogP) is 1.27. The summed E-state index contributed by atoms with van der Waals surface area (Å²) in [6, 6.07) is 6.34. The molecule has 0 aliphatic heterocycles. The first-order valence-corrected chi connectivity index (χ1v) is 6.36. The van der Waals surface area contributed by atoms with Crippen molar-refractivity contribution in [2.45, 2.75) is 6.92 Å². The number of ether oxygens (including phenoxy) is 1. The molecule has 0 saturated carbocycles. The second-order valence-electron chi connectivity index (χ2n) is 3.27. The maximum absolute atomic E-state index is 10.9. The van der Waals surface area contributed by atoms with Crippen LogP contribution in [0.15, 0.2) is 24.3 Å². The molecule has 1 rings (SSSR count). The molecule has 0 heterocycles. The summed E-state index contributed by atoms with van der Waals surface area (Å²) in [6.45, 7) is 1.46. The standard InChI is InChI=1S/C10H12O4S/c1-8(11)9-3-5-10(6-4-9)14-7-15(2,12)13/h3-6H,7H2,1-2H3. The molecule has 5 heteroatoms. The summed E-state index contributed by atoms with van der Waals surface area (Å²) in [6.07, 6.45) is 1.09. The van der Waals surface area contributed by atoms with Gasteiger partial charge in [-0.1, -0.05) is 0 Å². The molecule has 1 aromatic rings. The Morgan fingerprint density at radius 1 is 1.27 bits per heavy atom. The number of ketones is 1. The summed E-state index contributed by atoms with van der Waals surface area (Å²) in [5.41, 5.74) is 0.571. The summed E-state index contributed by atoms with van der Waals surface area (Å²) >= 11 is 0. The van der Waals surface area contributed by atoms with Crippen molar-refractivity contribution < 1.29 is 17.9 Å². The molecule has 0 unspecified atom stereocenters. The van der Waals surface area contributed by atoms with E-state index in [0.29, 0.717) is 11.3 Å². The Hall–Kier alpha value is -1.36. The molecule has 0 aromatic heterocycles. The van der Waals surface area contributed by atoms with Gasteiger partial charge in [0.2, 0.25) is 0 Å². The van der Waals surface area contributed by atoms with Crippen molar-refractivity contribution in [3.05, 3.63) is 29.8 Å². The zero-order valence-electron chi connectivity index (χ0n) is 8.56. The van der Waals surface area contributed by atoms with Gasteiger partial charge in [-0.3, -0.25) is 4.79 Å². The smallest absolute Gasteiger partial charge is 0.188 e. The number of Topliss-reactive ketones (excluding diaryl/α,β-unsaturated/α-hetero) is 1. The number of sulfone groups is 1. The lowest BCUT2D eigenvalue weighted by atomic mass is 10.1. The van der Waals surface area contributed by atoms with Crippen LogP contribution in [0.4, 0.5) is 0 Å². The molecule has 4 nitrogen and oxygen atoms in total. The summed E-state index contributed by atoms with van der Waals surface area (Å²) in [5, 5.41) is 0. The highest BCUT2D eigenvalue weighted by molar-refractivity contribution is 7.90. The highest BCUT2D eigenvalue weighted by Crippen LogP contribution is 2.12. The van der Waals surface area contributed by atoms with Crippen LogP contribution in [0.2, 0.25) is 0 Å². The van der Waals surface area contributed by atoms with E-state index in [2.05, 4.69) is 0 Å². The lowest BCUT2D eigenvalue weighted by molar-refractivity contribution is 0.101. The lowest BCUT2D eigenvalue weighted by Gasteiger charge is -2.04. The van der Waals surface area contributed by atoms with Crippen LogP contribution in [0.1, 0.15) is 17.3 Å². The maximum atomic E-state index is 10.9. The molecule has 0 radical (unpaired) electrons. The minimum atomic E-state index is -3.14. The van der Waals surface area contributed by atoms with Gasteiger partial charge in [-0.05, 0) is 31.2 Å². The first-order valence-electron chi connectivity index (χ1n) is 4.30. The van der Waals surface area contributed by atoms with Gasteiger partial charge in [0.25, 0.3) is 0 Å². The average molecular weight is 228 g/mol. The van der Waals surface area contributed by atoms with Gasteiger partial charge in [0, 0.05) is 11.8 Å². The Morgan fingerprint density at radius 3 is 2.20 bits per heavy atom. The maximum Gasteiger partial charge on any atom is 0.188 e. The number of carbonyl (C=O) groups excluding carboxylic acids is 1. The molecule has 0 bridgehead atoms. The van der Waals surface area contributed by atoms with E-state index < -0.39 is 9.84 Å². The summed E-state index contributed by atoms with van der Waals surface area (Å²) in [5.74, 6) is 0.0435. The molecule has 0 fully saturated rings. The fraction of sp³-hybridized carbons (Fsp3) is 0.300. The molecule has 0 N–H and O–H groups in total. The molecule has 0 aliphatic rings. The first-order chi connectivity index (χ1) is 6.88. The minimum absolute atomic E-state index is 0.0373. The van der Waals surface area contributed by atoms with Crippen molar-refractivity contribution in [3.8, 4) is 5.75 Å². The number of benzene rings is 1. The number of hydrogen-bond donors (Lipinski definition) is 0. The largest absolute Gasteiger partial charge is 0.478 e. The molecule has 0 aliphatic carbocycles. The Bertz CT molecular complexity index is 445. The fourth-order valence-corrected chi connectivity index (χ4v) is 1.31. The Kier molecular flexibility index (Phi) is 3.47. The van der Waals surface area contributed by atoms with E-state index in [-0.39, 0.29) is 11.7 Å². The van der Waals surface area contributed by atoms with Crippen LogP contribution < -0.4 is 4.74 Å². The zero-order chi connectivity index (χ0) is 11.5. The molecule has 0 spiro atoms. The van der Waals surface area contributed by atoms with Crippen molar-refractivity contribution in [2.24, 2.45) is 0 Å². The van der Waals surface area contributed by atoms with Crippen LogP contribution in [0.3, 0.4) is 0 Å². The first kappa shape index (κ1) is 11.7.